The number of fused-ring (bicyclic) bond motifs is 1. The van der Waals surface area contributed by atoms with Crippen molar-refractivity contribution in [2.75, 3.05) is 37.0 Å². The van der Waals surface area contributed by atoms with Crippen LogP contribution in [-0.4, -0.2) is 77.8 Å². The van der Waals surface area contributed by atoms with Crippen molar-refractivity contribution in [3.63, 3.8) is 0 Å². The van der Waals surface area contributed by atoms with E-state index >= 15 is 0 Å². The highest BCUT2D eigenvalue weighted by atomic mass is 19.1. The van der Waals surface area contributed by atoms with Crippen molar-refractivity contribution in [1.82, 2.24) is 15.1 Å². The predicted molar refractivity (Wildman–Crippen MR) is 147 cm³/mol. The zero-order valence-electron chi connectivity index (χ0n) is 23.3. The number of rotatable bonds is 5. The van der Waals surface area contributed by atoms with Crippen molar-refractivity contribution in [3.05, 3.63) is 53.3 Å². The van der Waals surface area contributed by atoms with Gasteiger partial charge in [-0.1, -0.05) is 25.5 Å². The van der Waals surface area contributed by atoms with Gasteiger partial charge in [-0.2, -0.15) is 0 Å². The molecule has 0 radical (unpaired) electrons. The Kier molecular flexibility index (Phi) is 7.18. The van der Waals surface area contributed by atoms with Gasteiger partial charge in [-0.25, -0.2) is 9.18 Å². The molecular formula is C29H32FN5O6. The van der Waals surface area contributed by atoms with E-state index in [-0.39, 0.29) is 61.7 Å². The Hall–Kier alpha value is -4.48. The van der Waals surface area contributed by atoms with E-state index in [0.717, 1.165) is 4.90 Å². The normalized spacial score (nSPS) is 18.8. The maximum absolute atomic E-state index is 14.3. The Labute approximate surface area is 236 Å². The zero-order valence-corrected chi connectivity index (χ0v) is 23.3. The van der Waals surface area contributed by atoms with Gasteiger partial charge < -0.3 is 20.3 Å². The van der Waals surface area contributed by atoms with Crippen LogP contribution in [-0.2, 0) is 14.4 Å². The number of hydrogen-bond acceptors (Lipinski definition) is 6. The van der Waals surface area contributed by atoms with E-state index in [1.807, 2.05) is 0 Å². The number of anilines is 2. The van der Waals surface area contributed by atoms with E-state index in [4.69, 9.17) is 4.74 Å². The third kappa shape index (κ3) is 4.87. The number of likely N-dealkylation sites (tertiary alicyclic amines) is 1. The second kappa shape index (κ2) is 10.5. The summed E-state index contributed by atoms with van der Waals surface area (Å²) in [4.78, 5) is 69.0. The van der Waals surface area contributed by atoms with Gasteiger partial charge in [-0.05, 0) is 49.9 Å². The summed E-state index contributed by atoms with van der Waals surface area (Å²) in [5.41, 5.74) is 0.276. The molecular weight excluding hydrogens is 533 g/mol. The number of urea groups is 1. The molecule has 11 nitrogen and oxygen atoms in total. The molecule has 2 saturated heterocycles. The maximum atomic E-state index is 14.3. The third-order valence-electron chi connectivity index (χ3n) is 7.95. The van der Waals surface area contributed by atoms with E-state index < -0.39 is 29.3 Å². The number of halogens is 1. The number of nitrogens with zero attached hydrogens (tertiary/aromatic N) is 3. The number of ether oxygens (including phenoxy) is 1. The third-order valence-corrected chi connectivity index (χ3v) is 7.95. The Balaban J connectivity index is 1.35. The van der Waals surface area contributed by atoms with Crippen LogP contribution in [0.2, 0.25) is 0 Å². The fourth-order valence-corrected chi connectivity index (χ4v) is 5.66. The number of amides is 6. The number of piperidine rings is 1. The highest BCUT2D eigenvalue weighted by Gasteiger charge is 2.58. The Morgan fingerprint density at radius 3 is 2.46 bits per heavy atom. The molecule has 2 aromatic rings. The lowest BCUT2D eigenvalue weighted by atomic mass is 9.85. The smallest absolute Gasteiger partial charge is 0.331 e. The Bertz CT molecular complexity index is 1450. The first-order chi connectivity index (χ1) is 19.4. The molecule has 216 valence electrons. The van der Waals surface area contributed by atoms with Crippen LogP contribution < -0.4 is 20.3 Å². The molecule has 0 aliphatic carbocycles. The fourth-order valence-electron chi connectivity index (χ4n) is 5.66. The van der Waals surface area contributed by atoms with E-state index in [9.17, 15) is 28.4 Å². The number of carbonyl (C=O) groups excluding carboxylic acids is 5. The lowest BCUT2D eigenvalue weighted by molar-refractivity contribution is -0.139. The predicted octanol–water partition coefficient (Wildman–Crippen LogP) is 2.68. The first kappa shape index (κ1) is 28.1. The van der Waals surface area contributed by atoms with Crippen LogP contribution in [0.1, 0.15) is 42.6 Å². The van der Waals surface area contributed by atoms with Gasteiger partial charge in [0.25, 0.3) is 17.7 Å². The minimum atomic E-state index is -1.21. The monoisotopic (exact) mass is 565 g/mol. The summed E-state index contributed by atoms with van der Waals surface area (Å²) in [7, 11) is 1.42. The van der Waals surface area contributed by atoms with Crippen LogP contribution in [0.15, 0.2) is 36.4 Å². The van der Waals surface area contributed by atoms with Crippen LogP contribution in [0.5, 0.6) is 5.75 Å². The molecule has 3 aliphatic rings. The lowest BCUT2D eigenvalue weighted by Gasteiger charge is -2.43. The number of benzene rings is 2. The van der Waals surface area contributed by atoms with Crippen LogP contribution >= 0.6 is 0 Å². The second-order valence-corrected chi connectivity index (χ2v) is 11.0. The minimum Gasteiger partial charge on any atom is -0.482 e. The highest BCUT2D eigenvalue weighted by molar-refractivity contribution is 6.17. The number of aryl methyl sites for hydroxylation is 1. The Morgan fingerprint density at radius 2 is 1.78 bits per heavy atom. The molecule has 12 heteroatoms. The molecule has 2 N–H and O–H groups in total. The molecule has 3 aliphatic heterocycles. The molecule has 5 rings (SSSR count). The number of nitrogens with one attached hydrogen (secondary N) is 2. The largest absolute Gasteiger partial charge is 0.482 e. The van der Waals surface area contributed by atoms with Crippen LogP contribution in [0.25, 0.3) is 0 Å². The highest BCUT2D eigenvalue weighted by Crippen LogP contribution is 2.42. The number of likely N-dealkylation sites (N-methyl/N-ethyl adjacent to an activating group) is 1. The second-order valence-electron chi connectivity index (χ2n) is 11.0. The van der Waals surface area contributed by atoms with Crippen LogP contribution in [0, 0.1) is 18.7 Å². The number of hydrogen-bond donors (Lipinski definition) is 2. The van der Waals surface area contributed by atoms with Gasteiger partial charge in [0.15, 0.2) is 6.61 Å². The van der Waals surface area contributed by atoms with Gasteiger partial charge in [-0.15, -0.1) is 0 Å². The van der Waals surface area contributed by atoms with Gasteiger partial charge in [0.05, 0.1) is 16.9 Å². The van der Waals surface area contributed by atoms with E-state index in [1.54, 1.807) is 49.9 Å². The summed E-state index contributed by atoms with van der Waals surface area (Å²) in [5.74, 6) is -2.25. The summed E-state index contributed by atoms with van der Waals surface area (Å²) >= 11 is 0. The molecule has 0 unspecified atom stereocenters. The molecule has 1 spiro atoms. The quantitative estimate of drug-likeness (QED) is 0.537. The van der Waals surface area contributed by atoms with E-state index in [1.165, 1.54) is 24.1 Å². The lowest BCUT2D eigenvalue weighted by Crippen LogP contribution is -2.60. The molecule has 2 fully saturated rings. The summed E-state index contributed by atoms with van der Waals surface area (Å²) in [6, 6.07) is 7.69. The maximum Gasteiger partial charge on any atom is 0.331 e. The van der Waals surface area contributed by atoms with Crippen molar-refractivity contribution in [2.45, 2.75) is 45.2 Å². The van der Waals surface area contributed by atoms with E-state index in [0.29, 0.717) is 22.7 Å². The van der Waals surface area contributed by atoms with Crippen LogP contribution in [0.4, 0.5) is 20.6 Å². The Morgan fingerprint density at radius 1 is 1.07 bits per heavy atom. The van der Waals surface area contributed by atoms with Crippen molar-refractivity contribution >= 4 is 41.0 Å². The van der Waals surface area contributed by atoms with Crippen molar-refractivity contribution < 1.29 is 33.1 Å². The van der Waals surface area contributed by atoms with E-state index in [2.05, 4.69) is 10.6 Å². The molecule has 1 atom stereocenters. The van der Waals surface area contributed by atoms with Gasteiger partial charge in [0.2, 0.25) is 5.91 Å². The summed E-state index contributed by atoms with van der Waals surface area (Å²) in [6.45, 7) is 5.50. The number of carbonyl (C=O) groups is 5. The van der Waals surface area contributed by atoms with Crippen molar-refractivity contribution in [1.29, 1.82) is 0 Å². The number of imide groups is 1. The molecule has 0 saturated carbocycles. The SMILES string of the molecule is Cc1ccc(F)c(C(=O)N[C@@H](C(=O)N2CCC3(CC2)C(=O)N(C)C(=O)N3c2ccc3c(c2)OCC(=O)N3)C(C)C)c1. The molecule has 2 aromatic carbocycles. The summed E-state index contributed by atoms with van der Waals surface area (Å²) in [5, 5.41) is 5.40. The molecule has 0 aromatic heterocycles. The van der Waals surface area contributed by atoms with Crippen molar-refractivity contribution in [3.8, 4) is 5.75 Å². The zero-order chi connectivity index (χ0) is 29.6. The van der Waals surface area contributed by atoms with Gasteiger partial charge in [-0.3, -0.25) is 29.0 Å². The van der Waals surface area contributed by atoms with Gasteiger partial charge >= 0.3 is 6.03 Å². The average Bonchev–Trinajstić information content (AvgIpc) is 3.12. The average molecular weight is 566 g/mol. The van der Waals surface area contributed by atoms with Gasteiger partial charge in [0.1, 0.15) is 23.1 Å². The summed E-state index contributed by atoms with van der Waals surface area (Å²) in [6.07, 6.45) is 0.348. The summed E-state index contributed by atoms with van der Waals surface area (Å²) < 4.78 is 19.8. The fraction of sp³-hybridized carbons (Fsp3) is 0.414. The minimum absolute atomic E-state index is 0.136. The van der Waals surface area contributed by atoms with Gasteiger partial charge in [0, 0.05) is 26.2 Å². The standard InChI is InChI=1S/C29H32FN5O6/c1-16(2)24(32-25(37)19-13-17(3)5-7-20(19)30)26(38)34-11-9-29(10-12-34)27(39)33(4)28(40)35(29)18-6-8-21-22(14-18)41-15-23(36)31-21/h5-8,13-14,16,24H,9-12,15H2,1-4H3,(H,31,36)(H,32,37)/t24-/m1/s1. The molecule has 3 heterocycles. The molecule has 6 amide bonds. The van der Waals surface area contributed by atoms with Crippen molar-refractivity contribution in [2.24, 2.45) is 5.92 Å². The molecule has 0 bridgehead atoms. The molecule has 41 heavy (non-hydrogen) atoms. The first-order valence-corrected chi connectivity index (χ1v) is 13.5. The first-order valence-electron chi connectivity index (χ1n) is 13.5. The topological polar surface area (TPSA) is 128 Å². The van der Waals surface area contributed by atoms with Crippen LogP contribution in [0.3, 0.4) is 0 Å².